The lowest BCUT2D eigenvalue weighted by Crippen LogP contribution is -2.38. The average Bonchev–Trinajstić information content (AvgIpc) is 2.58. The minimum absolute atomic E-state index is 0.248. The van der Waals surface area contributed by atoms with Gasteiger partial charge in [-0.1, -0.05) is 23.8 Å². The van der Waals surface area contributed by atoms with E-state index in [-0.39, 0.29) is 6.10 Å². The molecule has 0 saturated carbocycles. The standard InChI is InChI=1S/C18H19N3O/c1-14-5-7-16(8-6-14)22-17-9-11-21(12-10-17)18-4-2-3-15(13-19)20-18/h2-8,17H,9-12H2,1H3. The van der Waals surface area contributed by atoms with Crippen LogP contribution in [0.4, 0.5) is 5.82 Å². The van der Waals surface area contributed by atoms with E-state index in [9.17, 15) is 0 Å². The Labute approximate surface area is 131 Å². The SMILES string of the molecule is Cc1ccc(OC2CCN(c3cccc(C#N)n3)CC2)cc1. The van der Waals surface area contributed by atoms with Gasteiger partial charge in [0.15, 0.2) is 0 Å². The molecule has 0 radical (unpaired) electrons. The molecule has 1 aromatic heterocycles. The van der Waals surface area contributed by atoms with Gasteiger partial charge in [0.05, 0.1) is 0 Å². The van der Waals surface area contributed by atoms with E-state index in [1.54, 1.807) is 6.07 Å². The number of aromatic nitrogens is 1. The molecule has 2 aromatic rings. The van der Waals surface area contributed by atoms with Gasteiger partial charge in [0.2, 0.25) is 0 Å². The third-order valence-corrected chi connectivity index (χ3v) is 3.94. The van der Waals surface area contributed by atoms with Crippen LogP contribution in [0.15, 0.2) is 42.5 Å². The molecule has 0 atom stereocenters. The minimum atomic E-state index is 0.248. The molecule has 2 heterocycles. The Morgan fingerprint density at radius 2 is 1.86 bits per heavy atom. The van der Waals surface area contributed by atoms with Crippen molar-refractivity contribution in [2.24, 2.45) is 0 Å². The molecule has 0 N–H and O–H groups in total. The number of rotatable bonds is 3. The minimum Gasteiger partial charge on any atom is -0.490 e. The zero-order valence-electron chi connectivity index (χ0n) is 12.7. The Bertz CT molecular complexity index is 667. The van der Waals surface area contributed by atoms with E-state index >= 15 is 0 Å². The number of benzene rings is 1. The fraction of sp³-hybridized carbons (Fsp3) is 0.333. The van der Waals surface area contributed by atoms with Gasteiger partial charge in [-0.3, -0.25) is 0 Å². The van der Waals surface area contributed by atoms with Crippen molar-refractivity contribution < 1.29 is 4.74 Å². The molecule has 4 nitrogen and oxygen atoms in total. The van der Waals surface area contributed by atoms with Gasteiger partial charge in [-0.15, -0.1) is 0 Å². The number of piperidine rings is 1. The molecule has 1 aliphatic rings. The molecule has 0 bridgehead atoms. The van der Waals surface area contributed by atoms with Crippen molar-refractivity contribution in [3.8, 4) is 11.8 Å². The molecular formula is C18H19N3O. The van der Waals surface area contributed by atoms with Crippen molar-refractivity contribution >= 4 is 5.82 Å². The van der Waals surface area contributed by atoms with E-state index in [0.29, 0.717) is 5.69 Å². The molecule has 1 fully saturated rings. The van der Waals surface area contributed by atoms with Gasteiger partial charge in [-0.25, -0.2) is 4.98 Å². The Morgan fingerprint density at radius 1 is 1.14 bits per heavy atom. The summed E-state index contributed by atoms with van der Waals surface area (Å²) in [7, 11) is 0. The topological polar surface area (TPSA) is 49.1 Å². The van der Waals surface area contributed by atoms with Gasteiger partial charge in [0.1, 0.15) is 29.4 Å². The van der Waals surface area contributed by atoms with E-state index < -0.39 is 0 Å². The second kappa shape index (κ2) is 6.48. The molecular weight excluding hydrogens is 274 g/mol. The second-order valence-corrected chi connectivity index (χ2v) is 5.61. The Balaban J connectivity index is 1.58. The number of aryl methyl sites for hydroxylation is 1. The Hall–Kier alpha value is -2.54. The van der Waals surface area contributed by atoms with Gasteiger partial charge in [0.25, 0.3) is 0 Å². The number of hydrogen-bond acceptors (Lipinski definition) is 4. The highest BCUT2D eigenvalue weighted by Crippen LogP contribution is 2.22. The summed E-state index contributed by atoms with van der Waals surface area (Å²) in [4.78, 5) is 6.58. The second-order valence-electron chi connectivity index (χ2n) is 5.61. The van der Waals surface area contributed by atoms with Crippen LogP contribution in [0.3, 0.4) is 0 Å². The molecule has 0 unspecified atom stereocenters. The van der Waals surface area contributed by atoms with Crippen molar-refractivity contribution in [1.29, 1.82) is 5.26 Å². The fourth-order valence-electron chi connectivity index (χ4n) is 2.67. The largest absolute Gasteiger partial charge is 0.490 e. The zero-order chi connectivity index (χ0) is 15.4. The maximum Gasteiger partial charge on any atom is 0.142 e. The summed E-state index contributed by atoms with van der Waals surface area (Å²) in [5.41, 5.74) is 1.71. The number of nitriles is 1. The number of nitrogens with zero attached hydrogens (tertiary/aromatic N) is 3. The Kier molecular flexibility index (Phi) is 4.24. The van der Waals surface area contributed by atoms with Crippen molar-refractivity contribution in [3.63, 3.8) is 0 Å². The molecule has 0 spiro atoms. The third kappa shape index (κ3) is 3.37. The summed E-state index contributed by atoms with van der Waals surface area (Å²) in [6.07, 6.45) is 2.18. The molecule has 4 heteroatoms. The summed E-state index contributed by atoms with van der Waals surface area (Å²) in [6, 6.07) is 15.9. The molecule has 1 saturated heterocycles. The van der Waals surface area contributed by atoms with Crippen LogP contribution in [0.1, 0.15) is 24.1 Å². The van der Waals surface area contributed by atoms with E-state index in [2.05, 4.69) is 35.0 Å². The molecule has 0 aliphatic carbocycles. The lowest BCUT2D eigenvalue weighted by molar-refractivity contribution is 0.170. The van der Waals surface area contributed by atoms with Gasteiger partial charge in [-0.2, -0.15) is 5.26 Å². The summed E-state index contributed by atoms with van der Waals surface area (Å²) in [5, 5.41) is 8.94. The quantitative estimate of drug-likeness (QED) is 0.871. The third-order valence-electron chi connectivity index (χ3n) is 3.94. The highest BCUT2D eigenvalue weighted by molar-refractivity contribution is 5.42. The van der Waals surface area contributed by atoms with Gasteiger partial charge >= 0.3 is 0 Å². The fourth-order valence-corrected chi connectivity index (χ4v) is 2.67. The van der Waals surface area contributed by atoms with Gasteiger partial charge in [0, 0.05) is 25.9 Å². The first kappa shape index (κ1) is 14.4. The van der Waals surface area contributed by atoms with Crippen LogP contribution >= 0.6 is 0 Å². The van der Waals surface area contributed by atoms with Crippen LogP contribution in [-0.2, 0) is 0 Å². The van der Waals surface area contributed by atoms with Crippen LogP contribution < -0.4 is 9.64 Å². The summed E-state index contributed by atoms with van der Waals surface area (Å²) < 4.78 is 6.04. The average molecular weight is 293 g/mol. The predicted octanol–water partition coefficient (Wildman–Crippen LogP) is 3.31. The van der Waals surface area contributed by atoms with Crippen molar-refractivity contribution in [2.45, 2.75) is 25.9 Å². The lowest BCUT2D eigenvalue weighted by atomic mass is 10.1. The lowest BCUT2D eigenvalue weighted by Gasteiger charge is -2.33. The summed E-state index contributed by atoms with van der Waals surface area (Å²) in [6.45, 7) is 3.88. The molecule has 0 amide bonds. The van der Waals surface area contributed by atoms with Gasteiger partial charge < -0.3 is 9.64 Å². The van der Waals surface area contributed by atoms with Crippen LogP contribution in [-0.4, -0.2) is 24.2 Å². The first-order chi connectivity index (χ1) is 10.7. The molecule has 1 aliphatic heterocycles. The zero-order valence-corrected chi connectivity index (χ0v) is 12.7. The molecule has 3 rings (SSSR count). The molecule has 112 valence electrons. The maximum atomic E-state index is 8.94. The number of pyridine rings is 1. The maximum absolute atomic E-state index is 8.94. The first-order valence-electron chi connectivity index (χ1n) is 7.60. The van der Waals surface area contributed by atoms with E-state index in [4.69, 9.17) is 10.00 Å². The van der Waals surface area contributed by atoms with Crippen molar-refractivity contribution in [2.75, 3.05) is 18.0 Å². The predicted molar refractivity (Wildman–Crippen MR) is 86.0 cm³/mol. The highest BCUT2D eigenvalue weighted by Gasteiger charge is 2.21. The number of ether oxygens (including phenoxy) is 1. The molecule has 22 heavy (non-hydrogen) atoms. The smallest absolute Gasteiger partial charge is 0.142 e. The van der Waals surface area contributed by atoms with Crippen LogP contribution in [0, 0.1) is 18.3 Å². The van der Waals surface area contributed by atoms with Crippen molar-refractivity contribution in [1.82, 2.24) is 4.98 Å². The van der Waals surface area contributed by atoms with E-state index in [1.807, 2.05) is 24.3 Å². The van der Waals surface area contributed by atoms with E-state index in [1.165, 1.54) is 5.56 Å². The first-order valence-corrected chi connectivity index (χ1v) is 7.60. The monoisotopic (exact) mass is 293 g/mol. The molecule has 1 aromatic carbocycles. The van der Waals surface area contributed by atoms with Crippen LogP contribution in [0.25, 0.3) is 0 Å². The normalized spacial score (nSPS) is 15.4. The van der Waals surface area contributed by atoms with Crippen LogP contribution in [0.5, 0.6) is 5.75 Å². The number of anilines is 1. The van der Waals surface area contributed by atoms with Crippen LogP contribution in [0.2, 0.25) is 0 Å². The Morgan fingerprint density at radius 3 is 2.55 bits per heavy atom. The summed E-state index contributed by atoms with van der Waals surface area (Å²) >= 11 is 0. The highest BCUT2D eigenvalue weighted by atomic mass is 16.5. The van der Waals surface area contributed by atoms with Crippen molar-refractivity contribution in [3.05, 3.63) is 53.7 Å². The summed E-state index contributed by atoms with van der Waals surface area (Å²) in [5.74, 6) is 1.82. The number of hydrogen-bond donors (Lipinski definition) is 0. The van der Waals surface area contributed by atoms with Gasteiger partial charge in [-0.05, 0) is 31.2 Å². The van der Waals surface area contributed by atoms with E-state index in [0.717, 1.165) is 37.5 Å².